The largest absolute Gasteiger partial charge is 0.317 e. The minimum atomic E-state index is 0.118. The fraction of sp³-hybridized carbons (Fsp3) is 0.733. The lowest BCUT2D eigenvalue weighted by Crippen LogP contribution is -2.40. The highest BCUT2D eigenvalue weighted by atomic mass is 32.1. The number of rotatable bonds is 3. The molecule has 2 atom stereocenters. The lowest BCUT2D eigenvalue weighted by molar-refractivity contribution is -0.120. The predicted molar refractivity (Wildman–Crippen MR) is 85.8 cm³/mol. The number of hydrogen-bond acceptors (Lipinski definition) is 5. The van der Waals surface area contributed by atoms with Crippen molar-refractivity contribution in [3.63, 3.8) is 0 Å². The monoisotopic (exact) mass is 308 g/mol. The van der Waals surface area contributed by atoms with E-state index >= 15 is 0 Å². The first-order valence-corrected chi connectivity index (χ1v) is 8.74. The Hall–Kier alpha value is -0.980. The normalized spacial score (nSPS) is 27.5. The zero-order valence-electron chi connectivity index (χ0n) is 12.5. The highest BCUT2D eigenvalue weighted by Crippen LogP contribution is 2.32. The van der Waals surface area contributed by atoms with Gasteiger partial charge in [0.05, 0.1) is 0 Å². The summed E-state index contributed by atoms with van der Waals surface area (Å²) in [6.07, 6.45) is 6.12. The van der Waals surface area contributed by atoms with Crippen molar-refractivity contribution in [3.05, 3.63) is 11.1 Å². The van der Waals surface area contributed by atoms with E-state index in [9.17, 15) is 4.79 Å². The minimum Gasteiger partial charge on any atom is -0.317 e. The quantitative estimate of drug-likeness (QED) is 0.798. The fourth-order valence-corrected chi connectivity index (χ4v) is 4.21. The molecule has 2 aliphatic heterocycles. The lowest BCUT2D eigenvalue weighted by Gasteiger charge is -2.26. The molecule has 2 saturated heterocycles. The smallest absolute Gasteiger partial charge is 0.229 e. The molecule has 5 nitrogen and oxygen atoms in total. The van der Waals surface area contributed by atoms with Crippen molar-refractivity contribution >= 4 is 22.4 Å². The third-order valence-electron chi connectivity index (χ3n) is 4.49. The van der Waals surface area contributed by atoms with Crippen LogP contribution in [0.25, 0.3) is 0 Å². The van der Waals surface area contributed by atoms with Gasteiger partial charge in [-0.2, -0.15) is 0 Å². The van der Waals surface area contributed by atoms with E-state index in [-0.39, 0.29) is 11.8 Å². The van der Waals surface area contributed by atoms with Crippen molar-refractivity contribution in [1.82, 2.24) is 15.6 Å². The number of hydrogen-bond donors (Lipinski definition) is 3. The van der Waals surface area contributed by atoms with E-state index in [1.807, 2.05) is 6.20 Å². The molecule has 21 heavy (non-hydrogen) atoms. The van der Waals surface area contributed by atoms with Crippen molar-refractivity contribution in [2.45, 2.75) is 44.6 Å². The third-order valence-corrected chi connectivity index (χ3v) is 5.56. The number of carbonyl (C=O) groups is 1. The van der Waals surface area contributed by atoms with Crippen LogP contribution < -0.4 is 16.0 Å². The van der Waals surface area contributed by atoms with Crippen molar-refractivity contribution in [2.24, 2.45) is 5.92 Å². The molecule has 0 aromatic carbocycles. The van der Waals surface area contributed by atoms with Gasteiger partial charge >= 0.3 is 0 Å². The van der Waals surface area contributed by atoms with E-state index in [1.165, 1.54) is 17.7 Å². The summed E-state index contributed by atoms with van der Waals surface area (Å²) < 4.78 is 0. The van der Waals surface area contributed by atoms with Crippen molar-refractivity contribution in [3.8, 4) is 0 Å². The molecular formula is C15H24N4OS. The van der Waals surface area contributed by atoms with Crippen LogP contribution in [0.4, 0.5) is 5.13 Å². The van der Waals surface area contributed by atoms with Gasteiger partial charge in [0.2, 0.25) is 5.91 Å². The van der Waals surface area contributed by atoms with Gasteiger partial charge in [-0.1, -0.05) is 0 Å². The number of anilines is 1. The lowest BCUT2D eigenvalue weighted by atomic mass is 9.93. The molecule has 0 unspecified atom stereocenters. The van der Waals surface area contributed by atoms with Crippen LogP contribution in [0.3, 0.4) is 0 Å². The summed E-state index contributed by atoms with van der Waals surface area (Å²) in [6.45, 7) is 5.23. The second-order valence-electron chi connectivity index (χ2n) is 6.16. The molecule has 0 radical (unpaired) electrons. The van der Waals surface area contributed by atoms with Gasteiger partial charge in [0, 0.05) is 23.0 Å². The van der Waals surface area contributed by atoms with E-state index in [2.05, 4.69) is 27.9 Å². The van der Waals surface area contributed by atoms with Gasteiger partial charge in [0.15, 0.2) is 5.13 Å². The Balaban J connectivity index is 1.57. The Morgan fingerprint density at radius 1 is 1.33 bits per heavy atom. The molecule has 116 valence electrons. The maximum atomic E-state index is 12.3. The van der Waals surface area contributed by atoms with Gasteiger partial charge in [-0.05, 0) is 58.2 Å². The highest BCUT2D eigenvalue weighted by Gasteiger charge is 2.25. The van der Waals surface area contributed by atoms with Crippen LogP contribution in [-0.4, -0.2) is 36.6 Å². The molecule has 6 heteroatoms. The van der Waals surface area contributed by atoms with Gasteiger partial charge in [0.1, 0.15) is 0 Å². The zero-order chi connectivity index (χ0) is 14.7. The summed E-state index contributed by atoms with van der Waals surface area (Å²) in [4.78, 5) is 18.0. The van der Waals surface area contributed by atoms with Crippen LogP contribution in [0.15, 0.2) is 6.20 Å². The predicted octanol–water partition coefficient (Wildman–Crippen LogP) is 1.94. The Morgan fingerprint density at radius 2 is 2.14 bits per heavy atom. The average Bonchev–Trinajstić information content (AvgIpc) is 2.97. The maximum Gasteiger partial charge on any atom is 0.229 e. The average molecular weight is 308 g/mol. The first-order chi connectivity index (χ1) is 10.2. The van der Waals surface area contributed by atoms with Crippen LogP contribution in [0.1, 0.15) is 43.4 Å². The maximum absolute atomic E-state index is 12.3. The van der Waals surface area contributed by atoms with Gasteiger partial charge in [-0.3, -0.25) is 4.79 Å². The second kappa shape index (κ2) is 6.85. The van der Waals surface area contributed by atoms with E-state index in [4.69, 9.17) is 0 Å². The fourth-order valence-electron chi connectivity index (χ4n) is 3.22. The molecule has 1 amide bonds. The number of nitrogens with one attached hydrogen (secondary N) is 3. The summed E-state index contributed by atoms with van der Waals surface area (Å²) in [7, 11) is 0. The summed E-state index contributed by atoms with van der Waals surface area (Å²) in [5, 5.41) is 10.5. The van der Waals surface area contributed by atoms with Crippen LogP contribution >= 0.6 is 11.3 Å². The van der Waals surface area contributed by atoms with E-state index in [0.717, 1.165) is 37.6 Å². The summed E-state index contributed by atoms with van der Waals surface area (Å²) >= 11 is 1.65. The molecule has 2 fully saturated rings. The van der Waals surface area contributed by atoms with Crippen LogP contribution in [0.5, 0.6) is 0 Å². The van der Waals surface area contributed by atoms with Crippen molar-refractivity contribution in [2.75, 3.05) is 25.0 Å². The molecule has 3 N–H and O–H groups in total. The number of carbonyl (C=O) groups excluding carboxylic acids is 1. The Kier molecular flexibility index (Phi) is 4.87. The van der Waals surface area contributed by atoms with Crippen molar-refractivity contribution < 1.29 is 4.79 Å². The van der Waals surface area contributed by atoms with Gasteiger partial charge in [-0.25, -0.2) is 4.98 Å². The standard InChI is InChI=1S/C15H24N4OS/c1-10-8-12(4-7-17-10)14(20)19-15-18-9-13(21-15)11-2-5-16-6-3-11/h9-12,16-17H,2-8H2,1H3,(H,18,19,20)/t10-,12-/m0/s1. The SMILES string of the molecule is C[C@H]1C[C@@H](C(=O)Nc2ncc(C3CCNCC3)s2)CCN1. The summed E-state index contributed by atoms with van der Waals surface area (Å²) in [5.41, 5.74) is 0. The summed E-state index contributed by atoms with van der Waals surface area (Å²) in [6, 6.07) is 0.427. The van der Waals surface area contributed by atoms with Gasteiger partial charge in [-0.15, -0.1) is 11.3 Å². The van der Waals surface area contributed by atoms with E-state index in [0.29, 0.717) is 12.0 Å². The highest BCUT2D eigenvalue weighted by molar-refractivity contribution is 7.15. The molecule has 0 bridgehead atoms. The number of nitrogens with zero attached hydrogens (tertiary/aromatic N) is 1. The van der Waals surface area contributed by atoms with Crippen LogP contribution in [0, 0.1) is 5.92 Å². The molecule has 1 aromatic rings. The van der Waals surface area contributed by atoms with E-state index in [1.54, 1.807) is 11.3 Å². The second-order valence-corrected chi connectivity index (χ2v) is 7.22. The topological polar surface area (TPSA) is 66.0 Å². The molecule has 3 heterocycles. The molecule has 0 saturated carbocycles. The molecule has 1 aromatic heterocycles. The summed E-state index contributed by atoms with van der Waals surface area (Å²) in [5.74, 6) is 0.857. The van der Waals surface area contributed by atoms with E-state index < -0.39 is 0 Å². The number of thiazole rings is 1. The zero-order valence-corrected chi connectivity index (χ0v) is 13.3. The van der Waals surface area contributed by atoms with Crippen LogP contribution in [0.2, 0.25) is 0 Å². The Morgan fingerprint density at radius 3 is 2.90 bits per heavy atom. The van der Waals surface area contributed by atoms with Gasteiger partial charge < -0.3 is 16.0 Å². The number of amides is 1. The first kappa shape index (κ1) is 14.9. The molecule has 0 spiro atoms. The Labute approximate surface area is 129 Å². The van der Waals surface area contributed by atoms with Crippen LogP contribution in [-0.2, 0) is 4.79 Å². The number of aromatic nitrogens is 1. The minimum absolute atomic E-state index is 0.118. The first-order valence-electron chi connectivity index (χ1n) is 7.93. The molecule has 3 rings (SSSR count). The van der Waals surface area contributed by atoms with Gasteiger partial charge in [0.25, 0.3) is 0 Å². The van der Waals surface area contributed by atoms with Crippen molar-refractivity contribution in [1.29, 1.82) is 0 Å². The number of piperidine rings is 2. The molecular weight excluding hydrogens is 284 g/mol. The Bertz CT molecular complexity index is 484. The third kappa shape index (κ3) is 3.81. The molecule has 2 aliphatic rings. The molecule has 0 aliphatic carbocycles.